The van der Waals surface area contributed by atoms with Crippen molar-refractivity contribution >= 4 is 5.82 Å². The first-order chi connectivity index (χ1) is 5.79. The molecule has 0 saturated carbocycles. The summed E-state index contributed by atoms with van der Waals surface area (Å²) in [7, 11) is 1.82. The molecule has 3 heteroatoms. The van der Waals surface area contributed by atoms with Crippen molar-refractivity contribution in [1.82, 2.24) is 4.98 Å². The Kier molecular flexibility index (Phi) is 2.82. The average molecular weight is 163 g/mol. The maximum atomic E-state index is 5.77. The van der Waals surface area contributed by atoms with Gasteiger partial charge < -0.3 is 11.1 Å². The Bertz CT molecular complexity index is 270. The van der Waals surface area contributed by atoms with Crippen LogP contribution in [0.2, 0.25) is 0 Å². The lowest BCUT2D eigenvalue weighted by Crippen LogP contribution is -2.10. The van der Waals surface area contributed by atoms with E-state index in [1.807, 2.05) is 19.2 Å². The molecule has 0 aromatic carbocycles. The lowest BCUT2D eigenvalue weighted by Gasteiger charge is -2.10. The summed E-state index contributed by atoms with van der Waals surface area (Å²) in [6.45, 7) is 3.63. The van der Waals surface area contributed by atoms with E-state index in [-0.39, 0.29) is 6.04 Å². The summed E-state index contributed by atoms with van der Waals surface area (Å²) in [4.78, 5) is 4.13. The molecule has 1 atom stereocenters. The molecule has 0 unspecified atom stereocenters. The fourth-order valence-electron chi connectivity index (χ4n) is 1.02. The minimum absolute atomic E-state index is 0.152. The summed E-state index contributed by atoms with van der Waals surface area (Å²) < 4.78 is 0. The van der Waals surface area contributed by atoms with E-state index in [9.17, 15) is 0 Å². The molecule has 1 heterocycles. The van der Waals surface area contributed by atoms with Gasteiger partial charge in [0.2, 0.25) is 0 Å². The zero-order chi connectivity index (χ0) is 8.97. The third-order valence-corrected chi connectivity index (χ3v) is 1.69. The first-order valence-electron chi connectivity index (χ1n) is 3.80. The van der Waals surface area contributed by atoms with Gasteiger partial charge in [-0.25, -0.2) is 4.98 Å². The summed E-state index contributed by atoms with van der Waals surface area (Å²) >= 11 is 0. The number of hydrogen-bond donors (Lipinski definition) is 2. The van der Waals surface area contributed by atoms with Crippen LogP contribution in [0.15, 0.2) is 31.0 Å². The van der Waals surface area contributed by atoms with Crippen LogP contribution in [-0.2, 0) is 0 Å². The van der Waals surface area contributed by atoms with Gasteiger partial charge in [0.25, 0.3) is 0 Å². The van der Waals surface area contributed by atoms with Gasteiger partial charge in [-0.15, -0.1) is 6.58 Å². The van der Waals surface area contributed by atoms with E-state index in [2.05, 4.69) is 16.9 Å². The van der Waals surface area contributed by atoms with Gasteiger partial charge in [-0.1, -0.05) is 12.1 Å². The Hall–Kier alpha value is -1.35. The Morgan fingerprint density at radius 3 is 3.08 bits per heavy atom. The van der Waals surface area contributed by atoms with Gasteiger partial charge in [0.1, 0.15) is 5.82 Å². The first-order valence-corrected chi connectivity index (χ1v) is 3.80. The average Bonchev–Trinajstić information content (AvgIpc) is 2.16. The highest BCUT2D eigenvalue weighted by Crippen LogP contribution is 2.17. The van der Waals surface area contributed by atoms with E-state index < -0.39 is 0 Å². The Morgan fingerprint density at radius 2 is 2.50 bits per heavy atom. The molecule has 1 aromatic rings. The van der Waals surface area contributed by atoms with E-state index in [0.29, 0.717) is 0 Å². The molecule has 0 aliphatic rings. The molecular formula is C9H13N3. The van der Waals surface area contributed by atoms with Crippen LogP contribution in [0.3, 0.4) is 0 Å². The topological polar surface area (TPSA) is 50.9 Å². The second-order valence-corrected chi connectivity index (χ2v) is 2.45. The standard InChI is InChI=1S/C9H13N3/c1-3-8(10)7-5-4-6-12-9(7)11-2/h3-6,8H,1,10H2,2H3,(H,11,12)/t8-/m0/s1. The van der Waals surface area contributed by atoms with Crippen molar-refractivity contribution < 1.29 is 0 Å². The molecule has 1 aromatic heterocycles. The van der Waals surface area contributed by atoms with Crippen molar-refractivity contribution in [2.24, 2.45) is 5.73 Å². The molecule has 0 amide bonds. The molecule has 3 nitrogen and oxygen atoms in total. The third kappa shape index (κ3) is 1.62. The van der Waals surface area contributed by atoms with Crippen LogP contribution in [0.1, 0.15) is 11.6 Å². The van der Waals surface area contributed by atoms with Crippen molar-refractivity contribution in [1.29, 1.82) is 0 Å². The van der Waals surface area contributed by atoms with Gasteiger partial charge in [0.15, 0.2) is 0 Å². The molecular weight excluding hydrogens is 150 g/mol. The molecule has 0 bridgehead atoms. The van der Waals surface area contributed by atoms with E-state index in [4.69, 9.17) is 5.73 Å². The van der Waals surface area contributed by atoms with Gasteiger partial charge in [0, 0.05) is 18.8 Å². The van der Waals surface area contributed by atoms with E-state index >= 15 is 0 Å². The predicted molar refractivity (Wildman–Crippen MR) is 50.9 cm³/mol. The van der Waals surface area contributed by atoms with Crippen molar-refractivity contribution in [2.75, 3.05) is 12.4 Å². The first kappa shape index (κ1) is 8.74. The van der Waals surface area contributed by atoms with Crippen molar-refractivity contribution in [3.8, 4) is 0 Å². The highest BCUT2D eigenvalue weighted by atomic mass is 15.0. The maximum Gasteiger partial charge on any atom is 0.130 e. The Labute approximate surface area is 72.3 Å². The number of nitrogens with one attached hydrogen (secondary N) is 1. The predicted octanol–water partition coefficient (Wildman–Crippen LogP) is 1.31. The van der Waals surface area contributed by atoms with Crippen LogP contribution in [0, 0.1) is 0 Å². The normalized spacial score (nSPS) is 12.2. The van der Waals surface area contributed by atoms with Gasteiger partial charge >= 0.3 is 0 Å². The van der Waals surface area contributed by atoms with Gasteiger partial charge in [-0.2, -0.15) is 0 Å². The second-order valence-electron chi connectivity index (χ2n) is 2.45. The Balaban J connectivity index is 3.04. The summed E-state index contributed by atoms with van der Waals surface area (Å²) in [6, 6.07) is 3.64. The molecule has 0 radical (unpaired) electrons. The molecule has 3 N–H and O–H groups in total. The minimum atomic E-state index is -0.152. The summed E-state index contributed by atoms with van der Waals surface area (Å²) in [5.41, 5.74) is 6.74. The number of hydrogen-bond acceptors (Lipinski definition) is 3. The fourth-order valence-corrected chi connectivity index (χ4v) is 1.02. The van der Waals surface area contributed by atoms with Crippen LogP contribution in [0.4, 0.5) is 5.82 Å². The molecule has 1 rings (SSSR count). The number of rotatable bonds is 3. The maximum absolute atomic E-state index is 5.77. The minimum Gasteiger partial charge on any atom is -0.373 e. The van der Waals surface area contributed by atoms with Crippen LogP contribution < -0.4 is 11.1 Å². The second kappa shape index (κ2) is 3.88. The molecule has 0 spiro atoms. The number of nitrogens with zero attached hydrogens (tertiary/aromatic N) is 1. The van der Waals surface area contributed by atoms with Gasteiger partial charge in [-0.3, -0.25) is 0 Å². The van der Waals surface area contributed by atoms with Crippen LogP contribution in [0.5, 0.6) is 0 Å². The molecule has 0 aliphatic heterocycles. The largest absolute Gasteiger partial charge is 0.373 e. The quantitative estimate of drug-likeness (QED) is 0.660. The number of pyridine rings is 1. The smallest absolute Gasteiger partial charge is 0.130 e. The molecule has 64 valence electrons. The Morgan fingerprint density at radius 1 is 1.75 bits per heavy atom. The summed E-state index contributed by atoms with van der Waals surface area (Å²) in [6.07, 6.45) is 3.42. The van der Waals surface area contributed by atoms with Crippen molar-refractivity contribution in [3.63, 3.8) is 0 Å². The zero-order valence-electron chi connectivity index (χ0n) is 7.12. The van der Waals surface area contributed by atoms with E-state index in [0.717, 1.165) is 11.4 Å². The number of aromatic nitrogens is 1. The SMILES string of the molecule is C=C[C@H](N)c1cccnc1NC. The molecule has 0 fully saturated rings. The van der Waals surface area contributed by atoms with Crippen LogP contribution in [-0.4, -0.2) is 12.0 Å². The molecule has 0 aliphatic carbocycles. The van der Waals surface area contributed by atoms with Crippen molar-refractivity contribution in [2.45, 2.75) is 6.04 Å². The summed E-state index contributed by atoms with van der Waals surface area (Å²) in [5.74, 6) is 0.810. The lowest BCUT2D eigenvalue weighted by molar-refractivity contribution is 0.906. The third-order valence-electron chi connectivity index (χ3n) is 1.69. The van der Waals surface area contributed by atoms with Gasteiger partial charge in [-0.05, 0) is 6.07 Å². The fraction of sp³-hybridized carbons (Fsp3) is 0.222. The molecule has 12 heavy (non-hydrogen) atoms. The molecule has 0 saturated heterocycles. The van der Waals surface area contributed by atoms with Crippen molar-refractivity contribution in [3.05, 3.63) is 36.5 Å². The van der Waals surface area contributed by atoms with Gasteiger partial charge in [0.05, 0.1) is 6.04 Å². The zero-order valence-corrected chi connectivity index (χ0v) is 7.12. The monoisotopic (exact) mass is 163 g/mol. The number of nitrogens with two attached hydrogens (primary N) is 1. The highest BCUT2D eigenvalue weighted by Gasteiger charge is 2.05. The lowest BCUT2D eigenvalue weighted by atomic mass is 10.1. The summed E-state index contributed by atoms with van der Waals surface area (Å²) in [5, 5.41) is 2.97. The van der Waals surface area contributed by atoms with E-state index in [1.165, 1.54) is 0 Å². The van der Waals surface area contributed by atoms with E-state index in [1.54, 1.807) is 12.3 Å². The highest BCUT2D eigenvalue weighted by molar-refractivity contribution is 5.46. The van der Waals surface area contributed by atoms with Crippen LogP contribution >= 0.6 is 0 Å². The number of anilines is 1. The van der Waals surface area contributed by atoms with Crippen LogP contribution in [0.25, 0.3) is 0 Å².